The number of halogens is 1. The van der Waals surface area contributed by atoms with Gasteiger partial charge in [0.1, 0.15) is 12.0 Å². The molecule has 0 spiro atoms. The van der Waals surface area contributed by atoms with Gasteiger partial charge in [0.25, 0.3) is 5.69 Å². The van der Waals surface area contributed by atoms with Crippen molar-refractivity contribution in [3.8, 4) is 0 Å². The lowest BCUT2D eigenvalue weighted by Gasteiger charge is -2.22. The van der Waals surface area contributed by atoms with E-state index in [1.165, 1.54) is 6.07 Å². The summed E-state index contributed by atoms with van der Waals surface area (Å²) < 4.78 is 0. The molecule has 6 nitrogen and oxygen atoms in total. The molecule has 1 saturated carbocycles. The number of nitro groups is 1. The van der Waals surface area contributed by atoms with Crippen molar-refractivity contribution in [1.82, 2.24) is 4.98 Å². The first-order valence-electron chi connectivity index (χ1n) is 6.32. The molecule has 2 atom stereocenters. The number of nitrogens with zero attached hydrogens (tertiary/aromatic N) is 2. The topological polar surface area (TPSA) is 88.3 Å². The second-order valence-corrected chi connectivity index (χ2v) is 5.14. The zero-order valence-corrected chi connectivity index (χ0v) is 11.1. The summed E-state index contributed by atoms with van der Waals surface area (Å²) in [5.74, 6) is 0.387. The molecule has 1 fully saturated rings. The largest absolute Gasteiger partial charge is 0.391 e. The van der Waals surface area contributed by atoms with Gasteiger partial charge in [-0.15, -0.1) is 0 Å². The Labute approximate surface area is 116 Å². The zero-order valence-electron chi connectivity index (χ0n) is 10.4. The summed E-state index contributed by atoms with van der Waals surface area (Å²) in [6.45, 7) is 0. The number of pyridine rings is 1. The second-order valence-electron chi connectivity index (χ2n) is 4.74. The minimum Gasteiger partial charge on any atom is -0.391 e. The molecule has 0 radical (unpaired) electrons. The van der Waals surface area contributed by atoms with E-state index in [1.54, 1.807) is 0 Å². The van der Waals surface area contributed by atoms with Crippen LogP contribution in [0.15, 0.2) is 12.3 Å². The molecule has 7 heteroatoms. The molecular weight excluding hydrogens is 270 g/mol. The van der Waals surface area contributed by atoms with Gasteiger partial charge >= 0.3 is 0 Å². The van der Waals surface area contributed by atoms with Crippen molar-refractivity contribution in [2.45, 2.75) is 44.2 Å². The Balaban J connectivity index is 2.11. The third kappa shape index (κ3) is 3.54. The highest BCUT2D eigenvalue weighted by molar-refractivity contribution is 6.33. The van der Waals surface area contributed by atoms with Crippen LogP contribution in [-0.2, 0) is 0 Å². The fraction of sp³-hybridized carbons (Fsp3) is 0.583. The molecule has 1 aliphatic carbocycles. The molecule has 1 aromatic heterocycles. The molecular formula is C12H16ClN3O3. The summed E-state index contributed by atoms with van der Waals surface area (Å²) in [7, 11) is 0. The monoisotopic (exact) mass is 285 g/mol. The first-order valence-corrected chi connectivity index (χ1v) is 6.70. The number of hydrogen-bond acceptors (Lipinski definition) is 5. The number of hydrogen-bond donors (Lipinski definition) is 2. The molecule has 104 valence electrons. The highest BCUT2D eigenvalue weighted by Crippen LogP contribution is 2.27. The van der Waals surface area contributed by atoms with E-state index < -0.39 is 11.0 Å². The van der Waals surface area contributed by atoms with E-state index in [0.29, 0.717) is 5.82 Å². The first kappa shape index (κ1) is 14.0. The minimum absolute atomic E-state index is 0.103. The van der Waals surface area contributed by atoms with Crippen LogP contribution in [0.5, 0.6) is 0 Å². The maximum absolute atomic E-state index is 10.6. The van der Waals surface area contributed by atoms with Crippen LogP contribution in [0.2, 0.25) is 5.02 Å². The van der Waals surface area contributed by atoms with Gasteiger partial charge in [-0.1, -0.05) is 30.9 Å². The van der Waals surface area contributed by atoms with E-state index >= 15 is 0 Å². The first-order chi connectivity index (χ1) is 9.08. The average molecular weight is 286 g/mol. The third-order valence-corrected chi connectivity index (χ3v) is 3.63. The van der Waals surface area contributed by atoms with Crippen LogP contribution < -0.4 is 5.32 Å². The van der Waals surface area contributed by atoms with Gasteiger partial charge in [-0.2, -0.15) is 0 Å². The normalized spacial score (nSPS) is 23.7. The number of aliphatic hydroxyl groups excluding tert-OH is 1. The van der Waals surface area contributed by atoms with Gasteiger partial charge in [-0.25, -0.2) is 4.98 Å². The number of anilines is 1. The van der Waals surface area contributed by atoms with Crippen LogP contribution >= 0.6 is 11.6 Å². The highest BCUT2D eigenvalue weighted by atomic mass is 35.5. The molecule has 0 aromatic carbocycles. The SMILES string of the molecule is O=[N+]([O-])c1cnc(NC2CCCCCC2O)c(Cl)c1. The number of rotatable bonds is 3. The summed E-state index contributed by atoms with van der Waals surface area (Å²) in [4.78, 5) is 14.0. The smallest absolute Gasteiger partial charge is 0.289 e. The molecule has 0 saturated heterocycles. The Morgan fingerprint density at radius 1 is 1.42 bits per heavy atom. The van der Waals surface area contributed by atoms with Gasteiger partial charge in [-0.05, 0) is 12.8 Å². The average Bonchev–Trinajstić information content (AvgIpc) is 2.57. The van der Waals surface area contributed by atoms with Gasteiger partial charge in [0, 0.05) is 6.07 Å². The van der Waals surface area contributed by atoms with Crippen molar-refractivity contribution < 1.29 is 10.0 Å². The zero-order chi connectivity index (χ0) is 13.8. The predicted molar refractivity (Wildman–Crippen MR) is 72.4 cm³/mol. The van der Waals surface area contributed by atoms with Crippen LogP contribution in [0, 0.1) is 10.1 Å². The van der Waals surface area contributed by atoms with Crippen LogP contribution in [0.3, 0.4) is 0 Å². The van der Waals surface area contributed by atoms with E-state index in [9.17, 15) is 15.2 Å². The molecule has 1 aromatic rings. The number of nitrogens with one attached hydrogen (secondary N) is 1. The van der Waals surface area contributed by atoms with Crippen molar-refractivity contribution in [2.24, 2.45) is 0 Å². The lowest BCUT2D eigenvalue weighted by molar-refractivity contribution is -0.385. The number of aliphatic hydroxyl groups is 1. The van der Waals surface area contributed by atoms with E-state index in [0.717, 1.165) is 38.3 Å². The Morgan fingerprint density at radius 3 is 2.84 bits per heavy atom. The molecule has 0 aliphatic heterocycles. The Hall–Kier alpha value is -1.40. The fourth-order valence-electron chi connectivity index (χ4n) is 2.27. The predicted octanol–water partition coefficient (Wildman–Crippen LogP) is 2.75. The molecule has 0 amide bonds. The second kappa shape index (κ2) is 6.16. The third-order valence-electron chi connectivity index (χ3n) is 3.34. The molecule has 2 unspecified atom stereocenters. The maximum atomic E-state index is 10.6. The minimum atomic E-state index is -0.539. The van der Waals surface area contributed by atoms with E-state index in [4.69, 9.17) is 11.6 Å². The lowest BCUT2D eigenvalue weighted by atomic mass is 10.1. The molecule has 0 bridgehead atoms. The molecule has 2 N–H and O–H groups in total. The summed E-state index contributed by atoms with van der Waals surface area (Å²) in [6, 6.07) is 1.16. The van der Waals surface area contributed by atoms with Gasteiger partial charge in [0.05, 0.1) is 22.1 Å². The van der Waals surface area contributed by atoms with Crippen LogP contribution in [0.1, 0.15) is 32.1 Å². The fourth-order valence-corrected chi connectivity index (χ4v) is 2.48. The molecule has 2 rings (SSSR count). The van der Waals surface area contributed by atoms with Crippen LogP contribution in [0.25, 0.3) is 0 Å². The Bertz CT molecular complexity index is 470. The van der Waals surface area contributed by atoms with E-state index in [-0.39, 0.29) is 16.8 Å². The van der Waals surface area contributed by atoms with Gasteiger partial charge in [0.15, 0.2) is 0 Å². The highest BCUT2D eigenvalue weighted by Gasteiger charge is 2.23. The van der Waals surface area contributed by atoms with Crippen LogP contribution in [0.4, 0.5) is 11.5 Å². The molecule has 1 heterocycles. The summed E-state index contributed by atoms with van der Waals surface area (Å²) >= 11 is 5.97. The summed E-state index contributed by atoms with van der Waals surface area (Å²) in [5, 5.41) is 23.9. The summed E-state index contributed by atoms with van der Waals surface area (Å²) in [6.07, 6.45) is 5.49. The van der Waals surface area contributed by atoms with Crippen LogP contribution in [-0.4, -0.2) is 27.2 Å². The van der Waals surface area contributed by atoms with E-state index in [1.807, 2.05) is 0 Å². The van der Waals surface area contributed by atoms with Crippen molar-refractivity contribution in [3.05, 3.63) is 27.4 Å². The van der Waals surface area contributed by atoms with Crippen molar-refractivity contribution >= 4 is 23.1 Å². The van der Waals surface area contributed by atoms with Gasteiger partial charge in [-0.3, -0.25) is 10.1 Å². The van der Waals surface area contributed by atoms with Gasteiger partial charge < -0.3 is 10.4 Å². The number of aromatic nitrogens is 1. The van der Waals surface area contributed by atoms with Crippen molar-refractivity contribution in [2.75, 3.05) is 5.32 Å². The maximum Gasteiger partial charge on any atom is 0.289 e. The molecule has 1 aliphatic rings. The Morgan fingerprint density at radius 2 is 2.16 bits per heavy atom. The quantitative estimate of drug-likeness (QED) is 0.506. The Kier molecular flexibility index (Phi) is 4.55. The molecule has 19 heavy (non-hydrogen) atoms. The van der Waals surface area contributed by atoms with E-state index in [2.05, 4.69) is 10.3 Å². The summed E-state index contributed by atoms with van der Waals surface area (Å²) in [5.41, 5.74) is -0.142. The standard InChI is InChI=1S/C12H16ClN3O3/c13-9-6-8(16(18)19)7-14-12(9)15-10-4-2-1-3-5-11(10)17/h6-7,10-11,17H,1-5H2,(H,14,15). The van der Waals surface area contributed by atoms with Crippen molar-refractivity contribution in [1.29, 1.82) is 0 Å². The van der Waals surface area contributed by atoms with Gasteiger partial charge in [0.2, 0.25) is 0 Å². The lowest BCUT2D eigenvalue weighted by Crippen LogP contribution is -2.32. The van der Waals surface area contributed by atoms with Crippen molar-refractivity contribution in [3.63, 3.8) is 0 Å².